The van der Waals surface area contributed by atoms with Crippen molar-refractivity contribution in [2.24, 2.45) is 0 Å². The molecule has 0 spiro atoms. The highest BCUT2D eigenvalue weighted by Crippen LogP contribution is 2.28. The van der Waals surface area contributed by atoms with Crippen molar-refractivity contribution < 1.29 is 0 Å². The van der Waals surface area contributed by atoms with Crippen molar-refractivity contribution in [3.05, 3.63) is 35.0 Å². The molecule has 0 fully saturated rings. The van der Waals surface area contributed by atoms with E-state index in [1.54, 1.807) is 0 Å². The van der Waals surface area contributed by atoms with E-state index in [4.69, 9.17) is 0 Å². The maximum Gasteiger partial charge on any atom is 0.0459 e. The van der Waals surface area contributed by atoms with Gasteiger partial charge in [-0.25, -0.2) is 0 Å². The van der Waals surface area contributed by atoms with Gasteiger partial charge in [0.2, 0.25) is 0 Å². The molecule has 0 radical (unpaired) electrons. The lowest BCUT2D eigenvalue weighted by atomic mass is 9.86. The van der Waals surface area contributed by atoms with Crippen LogP contribution >= 0.6 is 0 Å². The fourth-order valence-electron chi connectivity index (χ4n) is 2.33. The van der Waals surface area contributed by atoms with Crippen LogP contribution in [0.15, 0.2) is 18.2 Å². The average Bonchev–Trinajstić information content (AvgIpc) is 2.62. The number of rotatable bonds is 3. The van der Waals surface area contributed by atoms with Gasteiger partial charge >= 0.3 is 0 Å². The monoisotopic (exact) mass is 258 g/mol. The van der Waals surface area contributed by atoms with E-state index in [1.807, 2.05) is 0 Å². The molecule has 0 saturated heterocycles. The molecule has 2 aromatic rings. The first-order chi connectivity index (χ1) is 8.79. The summed E-state index contributed by atoms with van der Waals surface area (Å²) < 4.78 is 0. The highest BCUT2D eigenvalue weighted by atomic mass is 14.9. The first-order valence-electron chi connectivity index (χ1n) is 7.14. The summed E-state index contributed by atoms with van der Waals surface area (Å²) in [5.74, 6) is 0. The first kappa shape index (κ1) is 14.1. The third-order valence-corrected chi connectivity index (χ3v) is 3.71. The van der Waals surface area contributed by atoms with Crippen LogP contribution in [0.25, 0.3) is 10.9 Å². The molecule has 1 heterocycles. The molecule has 0 aliphatic carbocycles. The number of nitrogens with one attached hydrogen (secondary N) is 2. The van der Waals surface area contributed by atoms with Crippen LogP contribution in [0.1, 0.15) is 51.4 Å². The number of aryl methyl sites for hydroxylation is 1. The zero-order valence-corrected chi connectivity index (χ0v) is 13.0. The van der Waals surface area contributed by atoms with Crippen LogP contribution in [-0.4, -0.2) is 11.0 Å². The van der Waals surface area contributed by atoms with E-state index >= 15 is 0 Å². The van der Waals surface area contributed by atoms with Crippen LogP contribution in [0.2, 0.25) is 0 Å². The Kier molecular flexibility index (Phi) is 3.73. The van der Waals surface area contributed by atoms with Gasteiger partial charge in [-0.3, -0.25) is 0 Å². The molecule has 0 aliphatic heterocycles. The van der Waals surface area contributed by atoms with Crippen LogP contribution in [0.5, 0.6) is 0 Å². The summed E-state index contributed by atoms with van der Waals surface area (Å²) >= 11 is 0. The van der Waals surface area contributed by atoms with Crippen LogP contribution in [0, 0.1) is 6.92 Å². The standard InChI is InChI=1S/C17H26N2/c1-11(2)18-10-16-12(3)14-9-13(17(4,5)6)7-8-15(14)19-16/h7-9,11,18-19H,10H2,1-6H3. The summed E-state index contributed by atoms with van der Waals surface area (Å²) in [5.41, 5.74) is 5.51. The molecule has 0 bridgehead atoms. The molecule has 1 aromatic heterocycles. The van der Waals surface area contributed by atoms with Gasteiger partial charge in [0.15, 0.2) is 0 Å². The van der Waals surface area contributed by atoms with E-state index in [2.05, 4.69) is 70.0 Å². The normalized spacial score (nSPS) is 12.6. The SMILES string of the molecule is Cc1c(CNC(C)C)[nH]c2ccc(C(C)(C)C)cc12. The molecule has 0 unspecified atom stereocenters. The number of fused-ring (bicyclic) bond motifs is 1. The zero-order chi connectivity index (χ0) is 14.2. The van der Waals surface area contributed by atoms with Crippen molar-refractivity contribution in [2.75, 3.05) is 0 Å². The molecule has 104 valence electrons. The maximum absolute atomic E-state index is 3.54. The zero-order valence-electron chi connectivity index (χ0n) is 13.0. The largest absolute Gasteiger partial charge is 0.357 e. The molecule has 2 N–H and O–H groups in total. The van der Waals surface area contributed by atoms with Gasteiger partial charge in [-0.2, -0.15) is 0 Å². The Balaban J connectivity index is 2.41. The minimum absolute atomic E-state index is 0.203. The van der Waals surface area contributed by atoms with Crippen molar-refractivity contribution in [1.29, 1.82) is 0 Å². The topological polar surface area (TPSA) is 27.8 Å². The Hall–Kier alpha value is -1.28. The van der Waals surface area contributed by atoms with Crippen molar-refractivity contribution in [1.82, 2.24) is 10.3 Å². The van der Waals surface area contributed by atoms with E-state index in [9.17, 15) is 0 Å². The minimum Gasteiger partial charge on any atom is -0.357 e. The van der Waals surface area contributed by atoms with Gasteiger partial charge < -0.3 is 10.3 Å². The smallest absolute Gasteiger partial charge is 0.0459 e. The third-order valence-electron chi connectivity index (χ3n) is 3.71. The molecule has 0 atom stereocenters. The number of benzene rings is 1. The van der Waals surface area contributed by atoms with Crippen molar-refractivity contribution in [3.8, 4) is 0 Å². The molecule has 0 amide bonds. The quantitative estimate of drug-likeness (QED) is 0.845. The van der Waals surface area contributed by atoms with Crippen molar-refractivity contribution in [2.45, 2.75) is 59.5 Å². The molecular weight excluding hydrogens is 232 g/mol. The molecule has 0 aliphatic rings. The van der Waals surface area contributed by atoms with Crippen LogP contribution in [-0.2, 0) is 12.0 Å². The third kappa shape index (κ3) is 3.01. The fraction of sp³-hybridized carbons (Fsp3) is 0.529. The second-order valence-corrected chi connectivity index (χ2v) is 6.77. The highest BCUT2D eigenvalue weighted by Gasteiger charge is 2.15. The van der Waals surface area contributed by atoms with E-state index in [-0.39, 0.29) is 5.41 Å². The van der Waals surface area contributed by atoms with Gasteiger partial charge in [0.25, 0.3) is 0 Å². The van der Waals surface area contributed by atoms with E-state index in [0.29, 0.717) is 6.04 Å². The number of hydrogen-bond acceptors (Lipinski definition) is 1. The summed E-state index contributed by atoms with van der Waals surface area (Å²) in [6.45, 7) is 14.3. The Morgan fingerprint density at radius 1 is 1.21 bits per heavy atom. The van der Waals surface area contributed by atoms with E-state index in [1.165, 1.54) is 27.7 Å². The van der Waals surface area contributed by atoms with E-state index in [0.717, 1.165) is 6.54 Å². The van der Waals surface area contributed by atoms with Crippen LogP contribution in [0.3, 0.4) is 0 Å². The van der Waals surface area contributed by atoms with Gasteiger partial charge in [-0.15, -0.1) is 0 Å². The lowest BCUT2D eigenvalue weighted by molar-refractivity contribution is 0.582. The second-order valence-electron chi connectivity index (χ2n) is 6.77. The van der Waals surface area contributed by atoms with Gasteiger partial charge in [0, 0.05) is 29.2 Å². The average molecular weight is 258 g/mol. The van der Waals surface area contributed by atoms with Gasteiger partial charge in [-0.1, -0.05) is 40.7 Å². The Labute approximate surface area is 116 Å². The first-order valence-corrected chi connectivity index (χ1v) is 7.14. The highest BCUT2D eigenvalue weighted by molar-refractivity contribution is 5.85. The van der Waals surface area contributed by atoms with Gasteiger partial charge in [0.05, 0.1) is 0 Å². The van der Waals surface area contributed by atoms with E-state index < -0.39 is 0 Å². The maximum atomic E-state index is 3.54. The molecule has 19 heavy (non-hydrogen) atoms. The number of aromatic nitrogens is 1. The summed E-state index contributed by atoms with van der Waals surface area (Å²) in [5, 5.41) is 4.83. The number of aromatic amines is 1. The Morgan fingerprint density at radius 2 is 1.89 bits per heavy atom. The lowest BCUT2D eigenvalue weighted by Crippen LogP contribution is -2.22. The molecular formula is C17H26N2. The summed E-state index contributed by atoms with van der Waals surface area (Å²) in [7, 11) is 0. The predicted molar refractivity (Wildman–Crippen MR) is 83.7 cm³/mol. The summed E-state index contributed by atoms with van der Waals surface area (Å²) in [6, 6.07) is 7.29. The molecule has 2 heteroatoms. The molecule has 2 rings (SSSR count). The molecule has 0 saturated carbocycles. The Bertz CT molecular complexity index is 571. The summed E-state index contributed by atoms with van der Waals surface area (Å²) in [6.07, 6.45) is 0. The fourth-order valence-corrected chi connectivity index (χ4v) is 2.33. The van der Waals surface area contributed by atoms with Crippen molar-refractivity contribution >= 4 is 10.9 Å². The van der Waals surface area contributed by atoms with Gasteiger partial charge in [0.1, 0.15) is 0 Å². The Morgan fingerprint density at radius 3 is 2.47 bits per heavy atom. The predicted octanol–water partition coefficient (Wildman–Crippen LogP) is 4.27. The molecule has 2 nitrogen and oxygen atoms in total. The van der Waals surface area contributed by atoms with Crippen LogP contribution < -0.4 is 5.32 Å². The van der Waals surface area contributed by atoms with Gasteiger partial charge in [-0.05, 0) is 35.6 Å². The number of hydrogen-bond donors (Lipinski definition) is 2. The number of H-pyrrole nitrogens is 1. The molecule has 1 aromatic carbocycles. The van der Waals surface area contributed by atoms with Crippen LogP contribution in [0.4, 0.5) is 0 Å². The van der Waals surface area contributed by atoms with Crippen molar-refractivity contribution in [3.63, 3.8) is 0 Å². The summed E-state index contributed by atoms with van der Waals surface area (Å²) in [4.78, 5) is 3.54. The second kappa shape index (κ2) is 5.01. The lowest BCUT2D eigenvalue weighted by Gasteiger charge is -2.19. The minimum atomic E-state index is 0.203.